The van der Waals surface area contributed by atoms with Crippen molar-refractivity contribution in [3.05, 3.63) is 59.3 Å². The molecule has 0 atom stereocenters. The summed E-state index contributed by atoms with van der Waals surface area (Å²) >= 11 is 8.05. The average molecular weight is 370 g/mol. The zero-order valence-corrected chi connectivity index (χ0v) is 14.6. The minimum Gasteiger partial charge on any atom is -0.266 e. The predicted octanol–water partition coefficient (Wildman–Crippen LogP) is 3.92. The van der Waals surface area contributed by atoms with Crippen molar-refractivity contribution in [3.63, 3.8) is 0 Å². The number of thiazole rings is 1. The summed E-state index contributed by atoms with van der Waals surface area (Å²) in [5, 5.41) is 2.00. The fourth-order valence-corrected chi connectivity index (χ4v) is 4.23. The number of hydrogen-bond donors (Lipinski definition) is 1. The number of thiocarbonyl (C=S) groups is 1. The summed E-state index contributed by atoms with van der Waals surface area (Å²) in [6.45, 7) is 0. The van der Waals surface area contributed by atoms with Gasteiger partial charge in [-0.25, -0.2) is 4.98 Å². The smallest absolute Gasteiger partial charge is 0.266 e. The van der Waals surface area contributed by atoms with Crippen LogP contribution in [0.15, 0.2) is 53.7 Å². The molecule has 1 fully saturated rings. The maximum Gasteiger partial charge on any atom is 0.285 e. The lowest BCUT2D eigenvalue weighted by Crippen LogP contribution is -2.33. The van der Waals surface area contributed by atoms with Crippen LogP contribution in [0, 0.1) is 0 Å². The number of fused-ring (bicyclic) bond motifs is 1. The first-order valence-electron chi connectivity index (χ1n) is 7.01. The molecular weight excluding hydrogens is 360 g/mol. The number of hydrazine groups is 1. The van der Waals surface area contributed by atoms with Gasteiger partial charge < -0.3 is 0 Å². The van der Waals surface area contributed by atoms with E-state index < -0.39 is 0 Å². The van der Waals surface area contributed by atoms with Gasteiger partial charge in [0.15, 0.2) is 4.32 Å². The molecule has 3 heterocycles. The highest BCUT2D eigenvalue weighted by atomic mass is 32.2. The molecule has 0 unspecified atom stereocenters. The van der Waals surface area contributed by atoms with Crippen molar-refractivity contribution in [1.82, 2.24) is 15.0 Å². The summed E-state index contributed by atoms with van der Waals surface area (Å²) in [5.41, 5.74) is 4.77. The normalized spacial score (nSPS) is 16.3. The Kier molecular flexibility index (Phi) is 4.01. The van der Waals surface area contributed by atoms with Gasteiger partial charge in [-0.05, 0) is 42.1 Å². The molecule has 1 N–H and O–H groups in total. The highest BCUT2D eigenvalue weighted by molar-refractivity contribution is 8.26. The Morgan fingerprint density at radius 2 is 2.08 bits per heavy atom. The van der Waals surface area contributed by atoms with Gasteiger partial charge >= 0.3 is 0 Å². The number of anilines is 1. The maximum absolute atomic E-state index is 12.6. The lowest BCUT2D eigenvalue weighted by molar-refractivity contribution is -0.121. The second kappa shape index (κ2) is 6.31. The maximum atomic E-state index is 12.6. The van der Waals surface area contributed by atoms with E-state index in [0.29, 0.717) is 14.4 Å². The Labute approximate surface area is 151 Å². The van der Waals surface area contributed by atoms with Crippen LogP contribution in [-0.4, -0.2) is 25.2 Å². The number of thioether (sulfide) groups is 1. The van der Waals surface area contributed by atoms with E-state index >= 15 is 0 Å². The fraction of sp³-hybridized carbons (Fsp3) is 0. The van der Waals surface area contributed by atoms with Gasteiger partial charge in [0.1, 0.15) is 0 Å². The zero-order chi connectivity index (χ0) is 16.5. The molecule has 0 bridgehead atoms. The highest BCUT2D eigenvalue weighted by Gasteiger charge is 2.33. The van der Waals surface area contributed by atoms with Crippen LogP contribution in [0.4, 0.5) is 5.13 Å². The third-order valence-electron chi connectivity index (χ3n) is 3.28. The van der Waals surface area contributed by atoms with Crippen molar-refractivity contribution in [2.24, 2.45) is 0 Å². The Morgan fingerprint density at radius 3 is 2.88 bits per heavy atom. The van der Waals surface area contributed by atoms with Crippen molar-refractivity contribution in [1.29, 1.82) is 0 Å². The van der Waals surface area contributed by atoms with E-state index in [1.54, 1.807) is 18.5 Å². The fourth-order valence-electron chi connectivity index (χ4n) is 2.19. The first-order chi connectivity index (χ1) is 11.7. The predicted molar refractivity (Wildman–Crippen MR) is 102 cm³/mol. The van der Waals surface area contributed by atoms with Crippen LogP contribution in [0.5, 0.6) is 0 Å². The van der Waals surface area contributed by atoms with Crippen LogP contribution < -0.4 is 5.43 Å². The number of carbonyl (C=O) groups excluding carboxylic acids is 1. The summed E-state index contributed by atoms with van der Waals surface area (Å²) in [6.07, 6.45) is 5.18. The summed E-state index contributed by atoms with van der Waals surface area (Å²) in [5.74, 6) is -0.187. The number of carbonyl (C=O) groups is 1. The number of nitrogens with zero attached hydrogens (tertiary/aromatic N) is 3. The number of para-hydroxylation sites is 1. The Bertz CT molecular complexity index is 935. The molecule has 1 saturated heterocycles. The first kappa shape index (κ1) is 15.3. The molecule has 1 amide bonds. The van der Waals surface area contributed by atoms with Crippen LogP contribution in [0.3, 0.4) is 0 Å². The van der Waals surface area contributed by atoms with E-state index in [9.17, 15) is 4.79 Å². The molecule has 4 rings (SSSR count). The molecular formula is C16H10N4OS3. The van der Waals surface area contributed by atoms with Crippen LogP contribution >= 0.6 is 35.3 Å². The van der Waals surface area contributed by atoms with Gasteiger partial charge in [-0.2, -0.15) is 5.01 Å². The molecule has 24 heavy (non-hydrogen) atoms. The minimum atomic E-state index is -0.187. The Morgan fingerprint density at radius 1 is 1.21 bits per heavy atom. The standard InChI is InChI=1S/C16H10N4OS3/c21-14-13(8-10-4-3-7-17-9-10)24-16(22)20(14)19-15-18-11-5-1-2-6-12(11)23-15/h1-9H,(H,18,19)/b13-8-. The van der Waals surface area contributed by atoms with E-state index in [-0.39, 0.29) is 5.91 Å². The van der Waals surface area contributed by atoms with Crippen LogP contribution in [0.25, 0.3) is 16.3 Å². The van der Waals surface area contributed by atoms with E-state index in [1.165, 1.54) is 28.1 Å². The van der Waals surface area contributed by atoms with E-state index in [4.69, 9.17) is 12.2 Å². The van der Waals surface area contributed by atoms with E-state index in [0.717, 1.165) is 15.8 Å². The largest absolute Gasteiger partial charge is 0.285 e. The van der Waals surface area contributed by atoms with Crippen LogP contribution in [0.1, 0.15) is 5.56 Å². The van der Waals surface area contributed by atoms with Gasteiger partial charge in [0.25, 0.3) is 5.91 Å². The summed E-state index contributed by atoms with van der Waals surface area (Å²) in [6, 6.07) is 11.5. The van der Waals surface area contributed by atoms with Gasteiger partial charge in [0, 0.05) is 12.4 Å². The lowest BCUT2D eigenvalue weighted by Gasteiger charge is -2.14. The molecule has 3 aromatic rings. The number of benzene rings is 1. The number of nitrogens with one attached hydrogen (secondary N) is 1. The topological polar surface area (TPSA) is 58.1 Å². The van der Waals surface area contributed by atoms with Crippen molar-refractivity contribution < 1.29 is 4.79 Å². The van der Waals surface area contributed by atoms with Crippen LogP contribution in [0.2, 0.25) is 0 Å². The van der Waals surface area contributed by atoms with Gasteiger partial charge in [-0.1, -0.05) is 41.3 Å². The second-order valence-corrected chi connectivity index (χ2v) is 7.61. The quantitative estimate of drug-likeness (QED) is 0.557. The molecule has 0 radical (unpaired) electrons. The zero-order valence-electron chi connectivity index (χ0n) is 12.2. The second-order valence-electron chi connectivity index (χ2n) is 4.90. The van der Waals surface area contributed by atoms with Crippen LogP contribution in [-0.2, 0) is 4.79 Å². The minimum absolute atomic E-state index is 0.187. The lowest BCUT2D eigenvalue weighted by atomic mass is 10.2. The molecule has 1 aromatic carbocycles. The summed E-state index contributed by atoms with van der Waals surface area (Å²) in [4.78, 5) is 21.7. The van der Waals surface area contributed by atoms with E-state index in [1.807, 2.05) is 36.4 Å². The molecule has 1 aliphatic heterocycles. The molecule has 0 aliphatic carbocycles. The van der Waals surface area contributed by atoms with E-state index in [2.05, 4.69) is 15.4 Å². The van der Waals surface area contributed by atoms with Gasteiger partial charge in [0.05, 0.1) is 15.1 Å². The number of hydrogen-bond acceptors (Lipinski definition) is 7. The first-order valence-corrected chi connectivity index (χ1v) is 9.05. The molecule has 8 heteroatoms. The Balaban J connectivity index is 1.58. The number of aromatic nitrogens is 2. The highest BCUT2D eigenvalue weighted by Crippen LogP contribution is 2.34. The number of amides is 1. The summed E-state index contributed by atoms with van der Waals surface area (Å²) in [7, 11) is 0. The third kappa shape index (κ3) is 2.91. The average Bonchev–Trinajstić information content (AvgIpc) is 3.12. The number of rotatable bonds is 3. The number of pyridine rings is 1. The van der Waals surface area contributed by atoms with Crippen molar-refractivity contribution in [3.8, 4) is 0 Å². The molecule has 0 saturated carbocycles. The monoisotopic (exact) mass is 370 g/mol. The van der Waals surface area contributed by atoms with Crippen molar-refractivity contribution in [2.45, 2.75) is 0 Å². The summed E-state index contributed by atoms with van der Waals surface area (Å²) < 4.78 is 1.51. The Hall–Kier alpha value is -2.29. The van der Waals surface area contributed by atoms with Crippen molar-refractivity contribution in [2.75, 3.05) is 5.43 Å². The molecule has 118 valence electrons. The molecule has 2 aromatic heterocycles. The van der Waals surface area contributed by atoms with Gasteiger partial charge in [-0.3, -0.25) is 15.2 Å². The molecule has 0 spiro atoms. The molecule has 5 nitrogen and oxygen atoms in total. The van der Waals surface area contributed by atoms with Gasteiger partial charge in [0.2, 0.25) is 5.13 Å². The SMILES string of the molecule is O=C1/C(=C/c2cccnc2)SC(=S)N1Nc1nc2ccccc2s1. The van der Waals surface area contributed by atoms with Gasteiger partial charge in [-0.15, -0.1) is 0 Å². The third-order valence-corrected chi connectivity index (χ3v) is 5.52. The molecule has 1 aliphatic rings. The van der Waals surface area contributed by atoms with Crippen molar-refractivity contribution >= 4 is 67.0 Å².